The Hall–Kier alpha value is -1.69. The lowest BCUT2D eigenvalue weighted by atomic mass is 10.2. The molecule has 1 unspecified atom stereocenters. The number of rotatable bonds is 4. The van der Waals surface area contributed by atoms with E-state index < -0.39 is 16.8 Å². The summed E-state index contributed by atoms with van der Waals surface area (Å²) in [7, 11) is -1.49. The van der Waals surface area contributed by atoms with E-state index in [0.29, 0.717) is 4.90 Å². The standard InChI is InChI=1S/C13H15NO4S/c15-12(14-6-1-2-7-14)9-19(18)11-5-3-4-10(8-11)13(16)17/h3-5,8H,1-2,6-7,9H2,(H,16,17). The highest BCUT2D eigenvalue weighted by Gasteiger charge is 2.20. The van der Waals surface area contributed by atoms with Crippen LogP contribution >= 0.6 is 0 Å². The van der Waals surface area contributed by atoms with Crippen LogP contribution in [0.1, 0.15) is 23.2 Å². The summed E-state index contributed by atoms with van der Waals surface area (Å²) in [6, 6.07) is 5.91. The zero-order chi connectivity index (χ0) is 13.8. The number of carbonyl (C=O) groups excluding carboxylic acids is 1. The van der Waals surface area contributed by atoms with Crippen LogP contribution < -0.4 is 0 Å². The minimum atomic E-state index is -1.49. The summed E-state index contributed by atoms with van der Waals surface area (Å²) in [5, 5.41) is 8.87. The van der Waals surface area contributed by atoms with Crippen molar-refractivity contribution in [1.82, 2.24) is 4.90 Å². The van der Waals surface area contributed by atoms with Gasteiger partial charge < -0.3 is 10.0 Å². The monoisotopic (exact) mass is 281 g/mol. The third-order valence-electron chi connectivity index (χ3n) is 3.06. The molecule has 1 saturated heterocycles. The number of aromatic carboxylic acids is 1. The zero-order valence-electron chi connectivity index (χ0n) is 10.4. The van der Waals surface area contributed by atoms with Gasteiger partial charge in [0, 0.05) is 18.0 Å². The van der Waals surface area contributed by atoms with Crippen molar-refractivity contribution in [3.05, 3.63) is 29.8 Å². The highest BCUT2D eigenvalue weighted by molar-refractivity contribution is 7.85. The fraction of sp³-hybridized carbons (Fsp3) is 0.385. The van der Waals surface area contributed by atoms with Crippen LogP contribution in [0.5, 0.6) is 0 Å². The molecule has 1 heterocycles. The summed E-state index contributed by atoms with van der Waals surface area (Å²) in [5.74, 6) is -1.27. The molecule has 0 bridgehead atoms. The first-order valence-electron chi connectivity index (χ1n) is 6.07. The number of carboxylic acids is 1. The van der Waals surface area contributed by atoms with E-state index in [1.165, 1.54) is 18.2 Å². The van der Waals surface area contributed by atoms with E-state index >= 15 is 0 Å². The van der Waals surface area contributed by atoms with Gasteiger partial charge in [-0.05, 0) is 31.0 Å². The predicted octanol–water partition coefficient (Wildman–Crippen LogP) is 1.11. The van der Waals surface area contributed by atoms with Gasteiger partial charge >= 0.3 is 5.97 Å². The van der Waals surface area contributed by atoms with Crippen molar-refractivity contribution >= 4 is 22.7 Å². The van der Waals surface area contributed by atoms with E-state index in [4.69, 9.17) is 5.11 Å². The number of likely N-dealkylation sites (tertiary alicyclic amines) is 1. The molecule has 1 aliphatic heterocycles. The molecule has 0 aliphatic carbocycles. The summed E-state index contributed by atoms with van der Waals surface area (Å²) in [6.45, 7) is 1.45. The lowest BCUT2D eigenvalue weighted by Crippen LogP contribution is -2.31. The Morgan fingerprint density at radius 2 is 1.95 bits per heavy atom. The average Bonchev–Trinajstić information content (AvgIpc) is 2.92. The molecule has 0 saturated carbocycles. The number of benzene rings is 1. The zero-order valence-corrected chi connectivity index (χ0v) is 11.2. The van der Waals surface area contributed by atoms with Crippen molar-refractivity contribution < 1.29 is 18.9 Å². The van der Waals surface area contributed by atoms with E-state index in [0.717, 1.165) is 25.9 Å². The summed E-state index contributed by atoms with van der Waals surface area (Å²) in [5.41, 5.74) is 0.0828. The first-order chi connectivity index (χ1) is 9.08. The molecule has 0 spiro atoms. The molecule has 2 rings (SSSR count). The van der Waals surface area contributed by atoms with Gasteiger partial charge in [-0.25, -0.2) is 4.79 Å². The summed E-state index contributed by atoms with van der Waals surface area (Å²) < 4.78 is 12.1. The van der Waals surface area contributed by atoms with Gasteiger partial charge in [0.25, 0.3) is 0 Å². The molecule has 1 amide bonds. The van der Waals surface area contributed by atoms with Crippen LogP contribution in [-0.2, 0) is 15.6 Å². The molecule has 0 radical (unpaired) electrons. The van der Waals surface area contributed by atoms with Crippen LogP contribution in [0.3, 0.4) is 0 Å². The maximum absolute atomic E-state index is 12.1. The van der Waals surface area contributed by atoms with Crippen molar-refractivity contribution in [3.63, 3.8) is 0 Å². The second kappa shape index (κ2) is 5.97. The van der Waals surface area contributed by atoms with Gasteiger partial charge in [0.1, 0.15) is 5.75 Å². The number of amides is 1. The maximum Gasteiger partial charge on any atom is 0.335 e. The minimum Gasteiger partial charge on any atom is -0.478 e. The number of hydrogen-bond acceptors (Lipinski definition) is 3. The van der Waals surface area contributed by atoms with Crippen LogP contribution in [0.4, 0.5) is 0 Å². The van der Waals surface area contributed by atoms with E-state index in [9.17, 15) is 13.8 Å². The summed E-state index contributed by atoms with van der Waals surface area (Å²) >= 11 is 0. The second-order valence-corrected chi connectivity index (χ2v) is 5.86. The minimum absolute atomic E-state index is 0.0803. The molecule has 6 heteroatoms. The van der Waals surface area contributed by atoms with E-state index in [1.54, 1.807) is 11.0 Å². The Kier molecular flexibility index (Phi) is 4.31. The fourth-order valence-electron chi connectivity index (χ4n) is 2.02. The quantitative estimate of drug-likeness (QED) is 0.897. The Morgan fingerprint density at radius 1 is 1.26 bits per heavy atom. The molecule has 1 aliphatic rings. The third-order valence-corrected chi connectivity index (χ3v) is 4.35. The molecule has 1 N–H and O–H groups in total. The first kappa shape index (κ1) is 13.7. The highest BCUT2D eigenvalue weighted by Crippen LogP contribution is 2.13. The topological polar surface area (TPSA) is 74.7 Å². The van der Waals surface area contributed by atoms with Crippen LogP contribution in [0.25, 0.3) is 0 Å². The SMILES string of the molecule is O=C(O)c1cccc(S(=O)CC(=O)N2CCCC2)c1. The highest BCUT2D eigenvalue weighted by atomic mass is 32.2. The molecule has 1 fully saturated rings. The van der Waals surface area contributed by atoms with Crippen LogP contribution in [0, 0.1) is 0 Å². The van der Waals surface area contributed by atoms with Gasteiger partial charge in [-0.15, -0.1) is 0 Å². The van der Waals surface area contributed by atoms with Gasteiger partial charge in [-0.3, -0.25) is 9.00 Å². The number of nitrogens with zero attached hydrogens (tertiary/aromatic N) is 1. The third kappa shape index (κ3) is 3.41. The fourth-order valence-corrected chi connectivity index (χ4v) is 3.09. The van der Waals surface area contributed by atoms with Gasteiger partial charge in [0.2, 0.25) is 5.91 Å². The summed E-state index contributed by atoms with van der Waals surface area (Å²) in [6.07, 6.45) is 1.99. The Morgan fingerprint density at radius 3 is 2.58 bits per heavy atom. The Balaban J connectivity index is 2.05. The Bertz CT molecular complexity index is 523. The molecule has 1 aromatic carbocycles. The normalized spacial score (nSPS) is 16.3. The predicted molar refractivity (Wildman–Crippen MR) is 70.5 cm³/mol. The number of carbonyl (C=O) groups is 2. The maximum atomic E-state index is 12.1. The van der Waals surface area contributed by atoms with E-state index in [2.05, 4.69) is 0 Å². The van der Waals surface area contributed by atoms with Crippen LogP contribution in [-0.4, -0.2) is 44.9 Å². The van der Waals surface area contributed by atoms with Crippen molar-refractivity contribution in [1.29, 1.82) is 0 Å². The Labute approximate surface area is 113 Å². The van der Waals surface area contributed by atoms with Crippen LogP contribution in [0.2, 0.25) is 0 Å². The molecule has 1 atom stereocenters. The van der Waals surface area contributed by atoms with Crippen LogP contribution in [0.15, 0.2) is 29.2 Å². The number of carboxylic acid groups (broad SMARTS) is 1. The van der Waals surface area contributed by atoms with E-state index in [1.807, 2.05) is 0 Å². The van der Waals surface area contributed by atoms with Crippen molar-refractivity contribution in [2.75, 3.05) is 18.8 Å². The smallest absolute Gasteiger partial charge is 0.335 e. The molecule has 102 valence electrons. The molecule has 0 aromatic heterocycles. The average molecular weight is 281 g/mol. The lowest BCUT2D eigenvalue weighted by Gasteiger charge is -2.14. The van der Waals surface area contributed by atoms with Crippen molar-refractivity contribution in [3.8, 4) is 0 Å². The number of hydrogen-bond donors (Lipinski definition) is 1. The largest absolute Gasteiger partial charge is 0.478 e. The molecule has 5 nitrogen and oxygen atoms in total. The molecular weight excluding hydrogens is 266 g/mol. The van der Waals surface area contributed by atoms with Gasteiger partial charge in [0.15, 0.2) is 0 Å². The summed E-state index contributed by atoms with van der Waals surface area (Å²) in [4.78, 5) is 24.8. The van der Waals surface area contributed by atoms with Crippen molar-refractivity contribution in [2.24, 2.45) is 0 Å². The van der Waals surface area contributed by atoms with Gasteiger partial charge in [-0.2, -0.15) is 0 Å². The second-order valence-electron chi connectivity index (χ2n) is 4.41. The van der Waals surface area contributed by atoms with Crippen molar-refractivity contribution in [2.45, 2.75) is 17.7 Å². The molecule has 1 aromatic rings. The molecular formula is C13H15NO4S. The van der Waals surface area contributed by atoms with Gasteiger partial charge in [0.05, 0.1) is 16.4 Å². The van der Waals surface area contributed by atoms with Gasteiger partial charge in [-0.1, -0.05) is 6.07 Å². The molecule has 19 heavy (non-hydrogen) atoms. The van der Waals surface area contributed by atoms with E-state index in [-0.39, 0.29) is 17.2 Å². The lowest BCUT2D eigenvalue weighted by molar-refractivity contribution is -0.127. The first-order valence-corrected chi connectivity index (χ1v) is 7.39.